The summed E-state index contributed by atoms with van der Waals surface area (Å²) in [7, 11) is 1.51. The van der Waals surface area contributed by atoms with Crippen LogP contribution in [0, 0.1) is 5.92 Å². The molecule has 0 amide bonds. The SMILES string of the molecule is CONc1ncnc2c1ncn2[C@@H]1O[C@H](CO)C[C@@H]1C. The molecule has 0 saturated carbocycles. The van der Waals surface area contributed by atoms with Gasteiger partial charge in [-0.05, 0) is 6.42 Å². The maximum atomic E-state index is 9.22. The minimum absolute atomic E-state index is 0.0267. The average molecular weight is 279 g/mol. The summed E-state index contributed by atoms with van der Waals surface area (Å²) in [4.78, 5) is 17.5. The van der Waals surface area contributed by atoms with E-state index < -0.39 is 0 Å². The molecule has 0 aromatic carbocycles. The Morgan fingerprint density at radius 3 is 3.05 bits per heavy atom. The fourth-order valence-corrected chi connectivity index (χ4v) is 2.58. The molecule has 0 bridgehead atoms. The Hall–Kier alpha value is -1.77. The zero-order valence-corrected chi connectivity index (χ0v) is 11.4. The van der Waals surface area contributed by atoms with E-state index in [1.165, 1.54) is 13.4 Å². The van der Waals surface area contributed by atoms with Gasteiger partial charge in [0.1, 0.15) is 12.6 Å². The van der Waals surface area contributed by atoms with Crippen molar-refractivity contribution in [3.8, 4) is 0 Å². The highest BCUT2D eigenvalue weighted by molar-refractivity contribution is 5.82. The molecule has 1 fully saturated rings. The maximum absolute atomic E-state index is 9.22. The lowest BCUT2D eigenvalue weighted by Crippen LogP contribution is -2.15. The van der Waals surface area contributed by atoms with Crippen LogP contribution in [0.2, 0.25) is 0 Å². The van der Waals surface area contributed by atoms with Crippen LogP contribution in [0.15, 0.2) is 12.7 Å². The number of rotatable bonds is 4. The summed E-state index contributed by atoms with van der Waals surface area (Å²) in [5.74, 6) is 0.791. The molecule has 3 heterocycles. The highest BCUT2D eigenvalue weighted by Gasteiger charge is 2.34. The fraction of sp³-hybridized carbons (Fsp3) is 0.583. The largest absolute Gasteiger partial charge is 0.394 e. The first-order chi connectivity index (χ1) is 9.74. The molecule has 2 aromatic rings. The molecule has 8 nitrogen and oxygen atoms in total. The average Bonchev–Trinajstić information content (AvgIpc) is 3.03. The highest BCUT2D eigenvalue weighted by Crippen LogP contribution is 2.35. The van der Waals surface area contributed by atoms with Crippen molar-refractivity contribution in [2.45, 2.75) is 25.7 Å². The monoisotopic (exact) mass is 279 g/mol. The second kappa shape index (κ2) is 5.31. The third kappa shape index (κ3) is 2.11. The zero-order valence-electron chi connectivity index (χ0n) is 11.4. The Labute approximate surface area is 115 Å². The van der Waals surface area contributed by atoms with Crippen molar-refractivity contribution in [3.63, 3.8) is 0 Å². The molecule has 8 heteroatoms. The van der Waals surface area contributed by atoms with Crippen LogP contribution in [-0.2, 0) is 9.57 Å². The molecule has 1 aliphatic rings. The van der Waals surface area contributed by atoms with Gasteiger partial charge in [-0.2, -0.15) is 0 Å². The summed E-state index contributed by atoms with van der Waals surface area (Å²) in [6.07, 6.45) is 3.63. The number of aromatic nitrogens is 4. The second-order valence-corrected chi connectivity index (χ2v) is 4.90. The number of aliphatic hydroxyl groups is 1. The zero-order chi connectivity index (χ0) is 14.1. The van der Waals surface area contributed by atoms with Crippen LogP contribution in [-0.4, -0.2) is 44.4 Å². The second-order valence-electron chi connectivity index (χ2n) is 4.90. The molecule has 3 rings (SSSR count). The van der Waals surface area contributed by atoms with Crippen LogP contribution < -0.4 is 5.48 Å². The number of anilines is 1. The summed E-state index contributed by atoms with van der Waals surface area (Å²) >= 11 is 0. The van der Waals surface area contributed by atoms with Crippen LogP contribution in [0.4, 0.5) is 5.82 Å². The summed E-state index contributed by atoms with van der Waals surface area (Å²) in [6, 6.07) is 0. The summed E-state index contributed by atoms with van der Waals surface area (Å²) in [5.41, 5.74) is 3.98. The molecule has 20 heavy (non-hydrogen) atoms. The van der Waals surface area contributed by atoms with Crippen LogP contribution in [0.1, 0.15) is 19.6 Å². The van der Waals surface area contributed by atoms with Crippen molar-refractivity contribution in [2.75, 3.05) is 19.2 Å². The van der Waals surface area contributed by atoms with Crippen molar-refractivity contribution in [3.05, 3.63) is 12.7 Å². The van der Waals surface area contributed by atoms with Gasteiger partial charge < -0.3 is 9.84 Å². The van der Waals surface area contributed by atoms with Gasteiger partial charge in [-0.25, -0.2) is 20.4 Å². The normalized spacial score (nSPS) is 26.2. The molecular formula is C12H17N5O3. The molecule has 108 valence electrons. The minimum atomic E-state index is -0.178. The van der Waals surface area contributed by atoms with Gasteiger partial charge in [0.25, 0.3) is 0 Å². The summed E-state index contributed by atoms with van der Waals surface area (Å²) in [6.45, 7) is 2.11. The van der Waals surface area contributed by atoms with Gasteiger partial charge in [-0.15, -0.1) is 0 Å². The lowest BCUT2D eigenvalue weighted by Gasteiger charge is -2.17. The number of hydrogen-bond acceptors (Lipinski definition) is 7. The fourth-order valence-electron chi connectivity index (χ4n) is 2.58. The van der Waals surface area contributed by atoms with Gasteiger partial charge >= 0.3 is 0 Å². The van der Waals surface area contributed by atoms with Crippen molar-refractivity contribution >= 4 is 17.0 Å². The van der Waals surface area contributed by atoms with E-state index in [0.717, 1.165) is 6.42 Å². The van der Waals surface area contributed by atoms with Gasteiger partial charge in [0, 0.05) is 5.92 Å². The Bertz CT molecular complexity index is 602. The number of fused-ring (bicyclic) bond motifs is 1. The van der Waals surface area contributed by atoms with E-state index in [4.69, 9.17) is 9.57 Å². The molecule has 1 aliphatic heterocycles. The minimum Gasteiger partial charge on any atom is -0.394 e. The van der Waals surface area contributed by atoms with Crippen LogP contribution in [0.5, 0.6) is 0 Å². The molecule has 2 aromatic heterocycles. The lowest BCUT2D eigenvalue weighted by molar-refractivity contribution is -0.0294. The first-order valence-electron chi connectivity index (χ1n) is 6.47. The number of nitrogens with one attached hydrogen (secondary N) is 1. The molecule has 0 radical (unpaired) electrons. The topological polar surface area (TPSA) is 94.3 Å². The quantitative estimate of drug-likeness (QED) is 0.796. The number of ether oxygens (including phenoxy) is 1. The van der Waals surface area contributed by atoms with Crippen LogP contribution in [0.3, 0.4) is 0 Å². The molecule has 3 atom stereocenters. The number of imidazole rings is 1. The Morgan fingerprint density at radius 2 is 2.35 bits per heavy atom. The Balaban J connectivity index is 1.99. The molecule has 1 saturated heterocycles. The molecule has 0 unspecified atom stereocenters. The van der Waals surface area contributed by atoms with Crippen molar-refractivity contribution in [1.29, 1.82) is 0 Å². The van der Waals surface area contributed by atoms with E-state index in [0.29, 0.717) is 17.0 Å². The van der Waals surface area contributed by atoms with Crippen molar-refractivity contribution in [1.82, 2.24) is 19.5 Å². The van der Waals surface area contributed by atoms with E-state index >= 15 is 0 Å². The van der Waals surface area contributed by atoms with Gasteiger partial charge in [-0.1, -0.05) is 6.92 Å². The molecule has 2 N–H and O–H groups in total. The Kier molecular flexibility index (Phi) is 3.51. The molecule has 0 aliphatic carbocycles. The van der Waals surface area contributed by atoms with Crippen molar-refractivity contribution < 1.29 is 14.7 Å². The predicted molar refractivity (Wildman–Crippen MR) is 70.7 cm³/mol. The van der Waals surface area contributed by atoms with Crippen molar-refractivity contribution in [2.24, 2.45) is 5.92 Å². The standard InChI is InChI=1S/C12H17N5O3/c1-7-3-8(4-18)20-12(7)17-6-15-9-10(16-19-2)13-5-14-11(9)17/h5-8,12,18H,3-4H2,1-2H3,(H,13,14,16)/t7-,8-,12+/m0/s1. The highest BCUT2D eigenvalue weighted by atomic mass is 16.6. The third-order valence-electron chi connectivity index (χ3n) is 3.49. The van der Waals surface area contributed by atoms with E-state index in [1.807, 2.05) is 4.57 Å². The smallest absolute Gasteiger partial charge is 0.181 e. The van der Waals surface area contributed by atoms with E-state index in [9.17, 15) is 5.11 Å². The van der Waals surface area contributed by atoms with E-state index in [1.54, 1.807) is 6.33 Å². The van der Waals surface area contributed by atoms with E-state index in [-0.39, 0.29) is 24.9 Å². The maximum Gasteiger partial charge on any atom is 0.181 e. The predicted octanol–water partition coefficient (Wildman–Crippen LogP) is 0.715. The Morgan fingerprint density at radius 1 is 1.50 bits per heavy atom. The van der Waals surface area contributed by atoms with E-state index in [2.05, 4.69) is 27.4 Å². The number of hydrogen-bond donors (Lipinski definition) is 2. The first kappa shape index (κ1) is 13.2. The summed E-state index contributed by atoms with van der Waals surface area (Å²) in [5, 5.41) is 9.22. The lowest BCUT2D eigenvalue weighted by atomic mass is 10.1. The summed E-state index contributed by atoms with van der Waals surface area (Å²) < 4.78 is 7.71. The van der Waals surface area contributed by atoms with Crippen LogP contribution >= 0.6 is 0 Å². The number of aliphatic hydroxyl groups excluding tert-OH is 1. The van der Waals surface area contributed by atoms with Gasteiger partial charge in [0.2, 0.25) is 0 Å². The van der Waals surface area contributed by atoms with Crippen LogP contribution in [0.25, 0.3) is 11.2 Å². The van der Waals surface area contributed by atoms with Gasteiger partial charge in [-0.3, -0.25) is 9.40 Å². The van der Waals surface area contributed by atoms with Gasteiger partial charge in [0.05, 0.1) is 26.1 Å². The molecule has 0 spiro atoms. The number of nitrogens with zero attached hydrogens (tertiary/aromatic N) is 4. The first-order valence-corrected chi connectivity index (χ1v) is 6.47. The van der Waals surface area contributed by atoms with Gasteiger partial charge in [0.15, 0.2) is 17.0 Å². The molecular weight excluding hydrogens is 262 g/mol. The third-order valence-corrected chi connectivity index (χ3v) is 3.49.